The average Bonchev–Trinajstić information content (AvgIpc) is 2.60. The Bertz CT molecular complexity index is 833. The third kappa shape index (κ3) is 4.72. The fourth-order valence-corrected chi connectivity index (χ4v) is 2.04. The van der Waals surface area contributed by atoms with Gasteiger partial charge in [-0.1, -0.05) is 0 Å². The largest absolute Gasteiger partial charge is 0.497 e. The first-order valence-electron chi connectivity index (χ1n) is 9.49. The molecule has 5 nitrogen and oxygen atoms in total. The molecule has 0 amide bonds. The second-order valence-corrected chi connectivity index (χ2v) is 5.41. The SMILES string of the molecule is [2H]C([2H])([2H])C([2H])(C)OC(=O)c1cc(OC)cc(-c2ccc(OC(C)C)cc2)n1. The number of hydrogen-bond acceptors (Lipinski definition) is 5. The van der Waals surface area contributed by atoms with E-state index in [1.807, 2.05) is 13.8 Å². The quantitative estimate of drug-likeness (QED) is 0.745. The topological polar surface area (TPSA) is 57.7 Å². The van der Waals surface area contributed by atoms with Crippen LogP contribution in [0.15, 0.2) is 36.4 Å². The van der Waals surface area contributed by atoms with Crippen LogP contribution in [-0.2, 0) is 4.74 Å². The second kappa shape index (κ2) is 7.81. The van der Waals surface area contributed by atoms with Gasteiger partial charge < -0.3 is 14.2 Å². The molecule has 5 heteroatoms. The lowest BCUT2D eigenvalue weighted by atomic mass is 10.1. The predicted octanol–water partition coefficient (Wildman–Crippen LogP) is 4.11. The van der Waals surface area contributed by atoms with Crippen molar-refractivity contribution in [3.63, 3.8) is 0 Å². The van der Waals surface area contributed by atoms with E-state index in [2.05, 4.69) is 4.98 Å². The molecule has 0 aliphatic heterocycles. The number of carbonyl (C=O) groups is 1. The van der Waals surface area contributed by atoms with E-state index in [1.165, 1.54) is 13.2 Å². The zero-order chi connectivity index (χ0) is 21.1. The zero-order valence-corrected chi connectivity index (χ0v) is 14.1. The van der Waals surface area contributed by atoms with Crippen LogP contribution < -0.4 is 9.47 Å². The molecule has 0 radical (unpaired) electrons. The normalized spacial score (nSPS) is 16.2. The van der Waals surface area contributed by atoms with E-state index in [4.69, 9.17) is 19.7 Å². The number of hydrogen-bond donors (Lipinski definition) is 0. The fourth-order valence-electron chi connectivity index (χ4n) is 2.04. The molecule has 0 aliphatic rings. The molecule has 1 heterocycles. The summed E-state index contributed by atoms with van der Waals surface area (Å²) >= 11 is 0. The first-order valence-corrected chi connectivity index (χ1v) is 7.49. The van der Waals surface area contributed by atoms with Crippen molar-refractivity contribution in [3.8, 4) is 22.8 Å². The Kier molecular flexibility index (Phi) is 4.17. The second-order valence-electron chi connectivity index (χ2n) is 5.41. The summed E-state index contributed by atoms with van der Waals surface area (Å²) in [6, 6.07) is 10.1. The van der Waals surface area contributed by atoms with Crippen LogP contribution in [0, 0.1) is 0 Å². The number of benzene rings is 1. The standard InChI is InChI=1S/C19H23NO4/c1-12(2)23-15-8-6-14(7-9-15)17-10-16(22-5)11-18(20-17)19(21)24-13(3)4/h6-13H,1-5H3/i3D3,13D. The molecule has 2 rings (SSSR count). The summed E-state index contributed by atoms with van der Waals surface area (Å²) in [5.41, 5.74) is 0.982. The molecule has 1 atom stereocenters. The molecule has 0 N–H and O–H groups in total. The average molecular weight is 333 g/mol. The first-order chi connectivity index (χ1) is 12.9. The lowest BCUT2D eigenvalue weighted by molar-refractivity contribution is 0.0370. The highest BCUT2D eigenvalue weighted by atomic mass is 16.5. The molecular formula is C19H23NO4. The van der Waals surface area contributed by atoms with E-state index in [0.29, 0.717) is 22.8 Å². The molecule has 1 aromatic heterocycles. The highest BCUT2D eigenvalue weighted by molar-refractivity contribution is 5.88. The Balaban J connectivity index is 2.35. The molecule has 0 aliphatic carbocycles. The van der Waals surface area contributed by atoms with Gasteiger partial charge in [0.05, 0.1) is 26.4 Å². The number of nitrogens with zero attached hydrogens (tertiary/aromatic N) is 1. The van der Waals surface area contributed by atoms with Crippen molar-refractivity contribution in [3.05, 3.63) is 42.1 Å². The van der Waals surface area contributed by atoms with Crippen molar-refractivity contribution in [1.82, 2.24) is 4.98 Å². The molecule has 0 spiro atoms. The Morgan fingerprint density at radius 3 is 2.46 bits per heavy atom. The van der Waals surface area contributed by atoms with Crippen LogP contribution in [0.25, 0.3) is 11.3 Å². The van der Waals surface area contributed by atoms with Crippen molar-refractivity contribution in [2.24, 2.45) is 0 Å². The summed E-state index contributed by atoms with van der Waals surface area (Å²) in [7, 11) is 1.44. The maximum atomic E-state index is 12.4. The maximum absolute atomic E-state index is 12.4. The maximum Gasteiger partial charge on any atom is 0.357 e. The van der Waals surface area contributed by atoms with E-state index < -0.39 is 18.9 Å². The van der Waals surface area contributed by atoms with Crippen molar-refractivity contribution in [1.29, 1.82) is 0 Å². The van der Waals surface area contributed by atoms with Crippen LogP contribution in [-0.4, -0.2) is 30.2 Å². The van der Waals surface area contributed by atoms with Gasteiger partial charge in [0.25, 0.3) is 0 Å². The predicted molar refractivity (Wildman–Crippen MR) is 92.5 cm³/mol. The molecule has 128 valence electrons. The number of pyridine rings is 1. The Morgan fingerprint density at radius 1 is 1.17 bits per heavy atom. The van der Waals surface area contributed by atoms with Gasteiger partial charge in [0.1, 0.15) is 11.5 Å². The van der Waals surface area contributed by atoms with E-state index >= 15 is 0 Å². The summed E-state index contributed by atoms with van der Waals surface area (Å²) in [6.07, 6.45) is -2.36. The van der Waals surface area contributed by atoms with Gasteiger partial charge in [-0.05, 0) is 51.9 Å². The van der Waals surface area contributed by atoms with E-state index in [0.717, 1.165) is 6.92 Å². The van der Waals surface area contributed by atoms with Crippen molar-refractivity contribution < 1.29 is 24.5 Å². The first kappa shape index (κ1) is 12.8. The van der Waals surface area contributed by atoms with Crippen molar-refractivity contribution >= 4 is 5.97 Å². The number of carbonyl (C=O) groups excluding carboxylic acids is 1. The Labute approximate surface area is 148 Å². The van der Waals surface area contributed by atoms with Crippen molar-refractivity contribution in [2.45, 2.75) is 39.8 Å². The molecule has 0 fully saturated rings. The fraction of sp³-hybridized carbons (Fsp3) is 0.368. The van der Waals surface area contributed by atoms with Gasteiger partial charge >= 0.3 is 5.97 Å². The zero-order valence-electron chi connectivity index (χ0n) is 18.1. The molecule has 24 heavy (non-hydrogen) atoms. The summed E-state index contributed by atoms with van der Waals surface area (Å²) in [6.45, 7) is 2.06. The molecule has 0 saturated heterocycles. The van der Waals surface area contributed by atoms with Crippen LogP contribution in [0.2, 0.25) is 0 Å². The minimum absolute atomic E-state index is 0.0413. The molecule has 0 bridgehead atoms. The minimum atomic E-state index is -2.80. The van der Waals surface area contributed by atoms with Crippen LogP contribution in [0.3, 0.4) is 0 Å². The third-order valence-electron chi connectivity index (χ3n) is 3.01. The van der Waals surface area contributed by atoms with E-state index in [9.17, 15) is 4.79 Å². The summed E-state index contributed by atoms with van der Waals surface area (Å²) in [5, 5.41) is 0. The van der Waals surface area contributed by atoms with Gasteiger partial charge in [0, 0.05) is 21.8 Å². The van der Waals surface area contributed by atoms with Crippen LogP contribution in [0.4, 0.5) is 0 Å². The van der Waals surface area contributed by atoms with Gasteiger partial charge in [-0.3, -0.25) is 0 Å². The molecule has 1 aromatic carbocycles. The van der Waals surface area contributed by atoms with E-state index in [-0.39, 0.29) is 11.8 Å². The molecule has 1 unspecified atom stereocenters. The Hall–Kier alpha value is -2.56. The summed E-state index contributed by atoms with van der Waals surface area (Å²) < 4.78 is 45.4. The van der Waals surface area contributed by atoms with Crippen LogP contribution >= 0.6 is 0 Å². The highest BCUT2D eigenvalue weighted by Crippen LogP contribution is 2.26. The smallest absolute Gasteiger partial charge is 0.357 e. The lowest BCUT2D eigenvalue weighted by Gasteiger charge is -2.12. The summed E-state index contributed by atoms with van der Waals surface area (Å²) in [5.74, 6) is 0.0255. The number of ether oxygens (including phenoxy) is 3. The van der Waals surface area contributed by atoms with Gasteiger partial charge in [0.2, 0.25) is 0 Å². The number of rotatable bonds is 6. The number of methoxy groups -OCH3 is 1. The highest BCUT2D eigenvalue weighted by Gasteiger charge is 2.15. The number of esters is 1. The molecule has 0 saturated carbocycles. The lowest BCUT2D eigenvalue weighted by Crippen LogP contribution is -2.13. The van der Waals surface area contributed by atoms with Gasteiger partial charge in [-0.25, -0.2) is 9.78 Å². The Morgan fingerprint density at radius 2 is 1.88 bits per heavy atom. The van der Waals surface area contributed by atoms with Crippen LogP contribution in [0.1, 0.15) is 43.6 Å². The van der Waals surface area contributed by atoms with Crippen molar-refractivity contribution in [2.75, 3.05) is 7.11 Å². The minimum Gasteiger partial charge on any atom is -0.497 e. The third-order valence-corrected chi connectivity index (χ3v) is 3.01. The monoisotopic (exact) mass is 333 g/mol. The van der Waals surface area contributed by atoms with E-state index in [1.54, 1.807) is 30.3 Å². The van der Waals surface area contributed by atoms with Crippen LogP contribution in [0.5, 0.6) is 11.5 Å². The molecule has 2 aromatic rings. The number of aromatic nitrogens is 1. The molecular weight excluding hydrogens is 306 g/mol. The van der Waals surface area contributed by atoms with Gasteiger partial charge in [-0.2, -0.15) is 0 Å². The van der Waals surface area contributed by atoms with Gasteiger partial charge in [0.15, 0.2) is 5.69 Å². The van der Waals surface area contributed by atoms with Gasteiger partial charge in [-0.15, -0.1) is 0 Å². The summed E-state index contributed by atoms with van der Waals surface area (Å²) in [4.78, 5) is 16.6.